The number of anilines is 1. The van der Waals surface area contributed by atoms with E-state index < -0.39 is 11.9 Å². The molecule has 0 aliphatic rings. The Balaban J connectivity index is 2.07. The number of carboxylic acids is 1. The summed E-state index contributed by atoms with van der Waals surface area (Å²) in [5.41, 5.74) is 6.97. The number of rotatable bonds is 8. The van der Waals surface area contributed by atoms with Gasteiger partial charge in [0.2, 0.25) is 0 Å². The number of carbonyl (C=O) groups is 1. The predicted molar refractivity (Wildman–Crippen MR) is 89.0 cm³/mol. The summed E-state index contributed by atoms with van der Waals surface area (Å²) >= 11 is 0. The Morgan fingerprint density at radius 3 is 2.78 bits per heavy atom. The third-order valence-corrected chi connectivity index (χ3v) is 4.17. The van der Waals surface area contributed by atoms with Crippen LogP contribution in [0.15, 0.2) is 30.9 Å². The van der Waals surface area contributed by atoms with Crippen molar-refractivity contribution in [2.45, 2.75) is 45.6 Å². The van der Waals surface area contributed by atoms with E-state index in [0.29, 0.717) is 23.9 Å². The van der Waals surface area contributed by atoms with Crippen molar-refractivity contribution in [1.29, 1.82) is 0 Å². The van der Waals surface area contributed by atoms with Gasteiger partial charge in [-0.05, 0) is 30.4 Å². The fourth-order valence-corrected chi connectivity index (χ4v) is 2.36. The van der Waals surface area contributed by atoms with Gasteiger partial charge in [-0.1, -0.05) is 26.3 Å². The summed E-state index contributed by atoms with van der Waals surface area (Å²) in [5, 5.41) is 9.51. The summed E-state index contributed by atoms with van der Waals surface area (Å²) in [7, 11) is 0. The third-order valence-electron chi connectivity index (χ3n) is 4.17. The molecule has 0 fully saturated rings. The van der Waals surface area contributed by atoms with Crippen LogP contribution >= 0.6 is 0 Å². The summed E-state index contributed by atoms with van der Waals surface area (Å²) in [5.74, 6) is -0.480. The fourth-order valence-electron chi connectivity index (χ4n) is 2.36. The first-order chi connectivity index (χ1) is 11.0. The number of nitrogen functional groups attached to an aromatic ring is 1. The molecule has 0 saturated heterocycles. The third kappa shape index (κ3) is 4.81. The first-order valence-corrected chi connectivity index (χ1v) is 7.94. The van der Waals surface area contributed by atoms with Crippen molar-refractivity contribution >= 4 is 11.8 Å². The number of imidazole rings is 1. The van der Waals surface area contributed by atoms with E-state index in [-0.39, 0.29) is 0 Å². The van der Waals surface area contributed by atoms with E-state index in [9.17, 15) is 9.90 Å². The number of carboxylic acid groups (broad SMARTS) is 1. The lowest BCUT2D eigenvalue weighted by atomic mass is 9.98. The van der Waals surface area contributed by atoms with Crippen molar-refractivity contribution in [2.24, 2.45) is 5.92 Å². The molecule has 3 N–H and O–H groups in total. The second kappa shape index (κ2) is 7.76. The summed E-state index contributed by atoms with van der Waals surface area (Å²) in [6, 6.07) is 3.48. The Morgan fingerprint density at radius 1 is 1.39 bits per heavy atom. The number of aliphatic carboxylic acids is 1. The quantitative estimate of drug-likeness (QED) is 0.781. The van der Waals surface area contributed by atoms with Crippen LogP contribution in [-0.4, -0.2) is 25.6 Å². The van der Waals surface area contributed by atoms with Crippen LogP contribution in [0.3, 0.4) is 0 Å². The van der Waals surface area contributed by atoms with Gasteiger partial charge in [-0.15, -0.1) is 0 Å². The molecule has 0 aliphatic heterocycles. The minimum Gasteiger partial charge on any atom is -0.481 e. The van der Waals surface area contributed by atoms with Crippen LogP contribution in [0.5, 0.6) is 0 Å². The number of pyridine rings is 1. The number of aromatic nitrogens is 3. The highest BCUT2D eigenvalue weighted by molar-refractivity contribution is 5.75. The Kier molecular flexibility index (Phi) is 5.73. The maximum atomic E-state index is 11.6. The largest absolute Gasteiger partial charge is 0.481 e. The summed E-state index contributed by atoms with van der Waals surface area (Å²) in [4.78, 5) is 19.9. The van der Waals surface area contributed by atoms with Gasteiger partial charge in [-0.3, -0.25) is 4.79 Å². The zero-order valence-electron chi connectivity index (χ0n) is 13.6. The van der Waals surface area contributed by atoms with Crippen LogP contribution in [0.2, 0.25) is 0 Å². The van der Waals surface area contributed by atoms with Crippen molar-refractivity contribution in [1.82, 2.24) is 14.5 Å². The van der Waals surface area contributed by atoms with Gasteiger partial charge in [0.15, 0.2) is 0 Å². The number of aryl methyl sites for hydroxylation is 1. The molecule has 2 unspecified atom stereocenters. The zero-order valence-corrected chi connectivity index (χ0v) is 13.6. The number of nitrogens with two attached hydrogens (primary N) is 1. The van der Waals surface area contributed by atoms with Crippen molar-refractivity contribution < 1.29 is 9.90 Å². The van der Waals surface area contributed by atoms with Gasteiger partial charge in [0.1, 0.15) is 11.7 Å². The molecule has 2 aromatic rings. The van der Waals surface area contributed by atoms with Crippen LogP contribution in [0.4, 0.5) is 5.82 Å². The second-order valence-electron chi connectivity index (χ2n) is 6.02. The van der Waals surface area contributed by atoms with Crippen LogP contribution in [0, 0.1) is 5.92 Å². The van der Waals surface area contributed by atoms with E-state index >= 15 is 0 Å². The van der Waals surface area contributed by atoms with E-state index in [1.54, 1.807) is 24.7 Å². The molecule has 0 spiro atoms. The highest BCUT2D eigenvalue weighted by Crippen LogP contribution is 2.20. The average Bonchev–Trinajstić information content (AvgIpc) is 3.00. The Bertz CT molecular complexity index is 636. The first kappa shape index (κ1) is 17.0. The summed E-state index contributed by atoms with van der Waals surface area (Å²) in [6.07, 6.45) is 7.73. The van der Waals surface area contributed by atoms with Crippen molar-refractivity contribution in [2.75, 3.05) is 5.73 Å². The summed E-state index contributed by atoms with van der Waals surface area (Å²) in [6.45, 7) is 5.24. The summed E-state index contributed by atoms with van der Waals surface area (Å²) < 4.78 is 1.97. The minimum absolute atomic E-state index is 0.352. The van der Waals surface area contributed by atoms with E-state index in [1.807, 2.05) is 10.8 Å². The highest BCUT2D eigenvalue weighted by atomic mass is 16.4. The van der Waals surface area contributed by atoms with Gasteiger partial charge >= 0.3 is 5.97 Å². The predicted octanol–water partition coefficient (Wildman–Crippen LogP) is 2.71. The minimum atomic E-state index is -0.881. The molecule has 2 heterocycles. The van der Waals surface area contributed by atoms with Crippen LogP contribution < -0.4 is 5.73 Å². The normalized spacial score (nSPS) is 13.7. The molecular weight excluding hydrogens is 292 g/mol. The molecular formula is C17H24N4O2. The van der Waals surface area contributed by atoms with Crippen molar-refractivity contribution in [3.05, 3.63) is 42.1 Å². The van der Waals surface area contributed by atoms with Gasteiger partial charge in [0, 0.05) is 18.9 Å². The Hall–Kier alpha value is -2.37. The van der Waals surface area contributed by atoms with Crippen LogP contribution in [-0.2, 0) is 17.8 Å². The first-order valence-electron chi connectivity index (χ1n) is 7.94. The lowest BCUT2D eigenvalue weighted by Gasteiger charge is -2.10. The molecule has 0 saturated carbocycles. The van der Waals surface area contributed by atoms with E-state index in [2.05, 4.69) is 23.8 Å². The topological polar surface area (TPSA) is 94.0 Å². The Morgan fingerprint density at radius 2 is 2.17 bits per heavy atom. The molecule has 2 rings (SSSR count). The molecule has 0 aliphatic carbocycles. The maximum Gasteiger partial charge on any atom is 0.312 e. The monoisotopic (exact) mass is 316 g/mol. The average molecular weight is 316 g/mol. The molecule has 2 aromatic heterocycles. The van der Waals surface area contributed by atoms with Crippen LogP contribution in [0.1, 0.15) is 43.9 Å². The SMILES string of the molecule is CCC(C)CCn1cnc(C(Cc2ccc(N)nc2)C(=O)O)c1. The van der Waals surface area contributed by atoms with E-state index in [0.717, 1.165) is 24.9 Å². The molecule has 2 atom stereocenters. The van der Waals surface area contributed by atoms with Crippen molar-refractivity contribution in [3.63, 3.8) is 0 Å². The lowest BCUT2D eigenvalue weighted by molar-refractivity contribution is -0.138. The highest BCUT2D eigenvalue weighted by Gasteiger charge is 2.23. The molecule has 0 radical (unpaired) electrons. The van der Waals surface area contributed by atoms with Gasteiger partial charge in [0.05, 0.1) is 12.0 Å². The Labute approximate surface area is 136 Å². The smallest absolute Gasteiger partial charge is 0.312 e. The van der Waals surface area contributed by atoms with Crippen molar-refractivity contribution in [3.8, 4) is 0 Å². The molecule has 23 heavy (non-hydrogen) atoms. The standard InChI is InChI=1S/C17H24N4O2/c1-3-12(2)6-7-21-10-15(20-11-21)14(17(22)23)8-13-4-5-16(18)19-9-13/h4-5,9-12,14H,3,6-8H2,1-2H3,(H2,18,19)(H,22,23). The van der Waals surface area contributed by atoms with Gasteiger partial charge < -0.3 is 15.4 Å². The molecule has 6 heteroatoms. The van der Waals surface area contributed by atoms with Gasteiger partial charge in [-0.25, -0.2) is 9.97 Å². The van der Waals surface area contributed by atoms with E-state index in [1.165, 1.54) is 0 Å². The number of hydrogen-bond acceptors (Lipinski definition) is 4. The van der Waals surface area contributed by atoms with Crippen LogP contribution in [0.25, 0.3) is 0 Å². The second-order valence-corrected chi connectivity index (χ2v) is 6.02. The zero-order chi connectivity index (χ0) is 16.8. The fraction of sp³-hybridized carbons (Fsp3) is 0.471. The maximum absolute atomic E-state index is 11.6. The van der Waals surface area contributed by atoms with Gasteiger partial charge in [-0.2, -0.15) is 0 Å². The number of nitrogens with zero attached hydrogens (tertiary/aromatic N) is 3. The number of hydrogen-bond donors (Lipinski definition) is 2. The molecule has 6 nitrogen and oxygen atoms in total. The lowest BCUT2D eigenvalue weighted by Crippen LogP contribution is -2.15. The molecule has 0 bridgehead atoms. The molecule has 0 amide bonds. The van der Waals surface area contributed by atoms with Gasteiger partial charge in [0.25, 0.3) is 0 Å². The molecule has 0 aromatic carbocycles. The van der Waals surface area contributed by atoms with E-state index in [4.69, 9.17) is 5.73 Å². The molecule has 124 valence electrons.